The van der Waals surface area contributed by atoms with Crippen LogP contribution in [0.4, 0.5) is 8.78 Å². The molecule has 110 valence electrons. The molecule has 0 bridgehead atoms. The third-order valence-corrected chi connectivity index (χ3v) is 3.23. The predicted molar refractivity (Wildman–Crippen MR) is 65.5 cm³/mol. The molecule has 1 heterocycles. The highest BCUT2D eigenvalue weighted by Gasteiger charge is 2.36. The second kappa shape index (κ2) is 6.15. The molecule has 1 fully saturated rings. The number of halogens is 2. The maximum absolute atomic E-state index is 12.3. The number of carbonyl (C=O) groups is 1. The third-order valence-electron chi connectivity index (χ3n) is 3.23. The molecule has 0 saturated carbocycles. The molecule has 2 unspecified atom stereocenters. The number of aliphatic hydroxyl groups excluding tert-OH is 1. The van der Waals surface area contributed by atoms with Gasteiger partial charge >= 0.3 is 12.6 Å². The lowest BCUT2D eigenvalue weighted by atomic mass is 10.1. The maximum atomic E-state index is 12.3. The summed E-state index contributed by atoms with van der Waals surface area (Å²) >= 11 is 0. The number of benzene rings is 1. The number of aliphatic carboxylic acids is 1. The number of ether oxygens (including phenoxy) is 1. The highest BCUT2D eigenvalue weighted by Crippen LogP contribution is 2.26. The summed E-state index contributed by atoms with van der Waals surface area (Å²) in [6.07, 6.45) is -0.591. The van der Waals surface area contributed by atoms with E-state index in [9.17, 15) is 18.7 Å². The first-order valence-electron chi connectivity index (χ1n) is 6.15. The minimum absolute atomic E-state index is 0.0213. The van der Waals surface area contributed by atoms with E-state index in [1.807, 2.05) is 0 Å². The molecule has 1 aromatic rings. The average molecular weight is 287 g/mol. The number of nitrogens with zero attached hydrogens (tertiary/aromatic N) is 1. The van der Waals surface area contributed by atoms with Crippen LogP contribution in [0.5, 0.6) is 5.75 Å². The van der Waals surface area contributed by atoms with Crippen LogP contribution in [0.15, 0.2) is 24.3 Å². The molecule has 0 radical (unpaired) electrons. The molecule has 1 aliphatic heterocycles. The Bertz CT molecular complexity index is 483. The first-order valence-corrected chi connectivity index (χ1v) is 6.15. The van der Waals surface area contributed by atoms with E-state index in [0.29, 0.717) is 5.56 Å². The SMILES string of the molecule is O=C(O)C1CC(O)CN1Cc1ccccc1OC(F)F. The van der Waals surface area contributed by atoms with Crippen LogP contribution in [-0.2, 0) is 11.3 Å². The summed E-state index contributed by atoms with van der Waals surface area (Å²) in [7, 11) is 0. The quantitative estimate of drug-likeness (QED) is 0.854. The Morgan fingerprint density at radius 2 is 2.15 bits per heavy atom. The summed E-state index contributed by atoms with van der Waals surface area (Å²) in [5, 5.41) is 18.6. The number of alkyl halides is 2. The Hall–Kier alpha value is -1.73. The summed E-state index contributed by atoms with van der Waals surface area (Å²) in [5.74, 6) is -1.01. The van der Waals surface area contributed by atoms with Crippen LogP contribution < -0.4 is 4.74 Å². The van der Waals surface area contributed by atoms with Gasteiger partial charge in [-0.3, -0.25) is 9.69 Å². The van der Waals surface area contributed by atoms with Crippen LogP contribution >= 0.6 is 0 Å². The van der Waals surface area contributed by atoms with Crippen molar-refractivity contribution in [3.63, 3.8) is 0 Å². The lowest BCUT2D eigenvalue weighted by molar-refractivity contribution is -0.142. The van der Waals surface area contributed by atoms with E-state index >= 15 is 0 Å². The van der Waals surface area contributed by atoms with Gasteiger partial charge in [-0.15, -0.1) is 0 Å². The van der Waals surface area contributed by atoms with E-state index < -0.39 is 24.7 Å². The second-order valence-corrected chi connectivity index (χ2v) is 4.66. The second-order valence-electron chi connectivity index (χ2n) is 4.66. The molecule has 2 rings (SSSR count). The highest BCUT2D eigenvalue weighted by atomic mass is 19.3. The minimum Gasteiger partial charge on any atom is -0.480 e. The molecule has 0 spiro atoms. The molecule has 2 N–H and O–H groups in total. The van der Waals surface area contributed by atoms with Crippen molar-refractivity contribution in [2.75, 3.05) is 6.54 Å². The number of likely N-dealkylation sites (tertiary alicyclic amines) is 1. The fourth-order valence-electron chi connectivity index (χ4n) is 2.38. The molecule has 7 heteroatoms. The summed E-state index contributed by atoms with van der Waals surface area (Å²) < 4.78 is 29.0. The molecule has 1 aliphatic rings. The van der Waals surface area contributed by atoms with Gasteiger partial charge in [-0.25, -0.2) is 0 Å². The lowest BCUT2D eigenvalue weighted by Gasteiger charge is -2.22. The van der Waals surface area contributed by atoms with Gasteiger partial charge in [-0.05, 0) is 6.07 Å². The number of carboxylic acid groups (broad SMARTS) is 1. The van der Waals surface area contributed by atoms with Crippen molar-refractivity contribution >= 4 is 5.97 Å². The number of para-hydroxylation sites is 1. The maximum Gasteiger partial charge on any atom is 0.387 e. The third kappa shape index (κ3) is 3.43. The summed E-state index contributed by atoms with van der Waals surface area (Å²) in [5.41, 5.74) is 0.466. The fourth-order valence-corrected chi connectivity index (χ4v) is 2.38. The molecule has 5 nitrogen and oxygen atoms in total. The molecule has 1 saturated heterocycles. The molecule has 20 heavy (non-hydrogen) atoms. The van der Waals surface area contributed by atoms with Crippen molar-refractivity contribution < 1.29 is 28.5 Å². The smallest absolute Gasteiger partial charge is 0.387 e. The van der Waals surface area contributed by atoms with Crippen molar-refractivity contribution in [3.8, 4) is 5.75 Å². The summed E-state index contributed by atoms with van der Waals surface area (Å²) in [6, 6.07) is 5.42. The summed E-state index contributed by atoms with van der Waals surface area (Å²) in [6.45, 7) is -2.60. The topological polar surface area (TPSA) is 70.0 Å². The molecular weight excluding hydrogens is 272 g/mol. The number of rotatable bonds is 5. The number of hydrogen-bond donors (Lipinski definition) is 2. The molecule has 2 atom stereocenters. The Balaban J connectivity index is 2.15. The van der Waals surface area contributed by atoms with Gasteiger partial charge in [0, 0.05) is 25.1 Å². The van der Waals surface area contributed by atoms with Crippen LogP contribution in [0.3, 0.4) is 0 Å². The van der Waals surface area contributed by atoms with Crippen molar-refractivity contribution in [2.45, 2.75) is 31.7 Å². The van der Waals surface area contributed by atoms with E-state index in [2.05, 4.69) is 4.74 Å². The van der Waals surface area contributed by atoms with Crippen LogP contribution in [0.1, 0.15) is 12.0 Å². The first-order chi connectivity index (χ1) is 9.47. The van der Waals surface area contributed by atoms with Gasteiger partial charge in [0.05, 0.1) is 6.10 Å². The largest absolute Gasteiger partial charge is 0.480 e. The monoisotopic (exact) mass is 287 g/mol. The van der Waals surface area contributed by atoms with E-state index in [-0.39, 0.29) is 25.3 Å². The number of hydrogen-bond acceptors (Lipinski definition) is 4. The van der Waals surface area contributed by atoms with Crippen LogP contribution in [0.25, 0.3) is 0 Å². The number of aliphatic hydroxyl groups is 1. The fraction of sp³-hybridized carbons (Fsp3) is 0.462. The van der Waals surface area contributed by atoms with Crippen molar-refractivity contribution in [1.82, 2.24) is 4.90 Å². The average Bonchev–Trinajstić information content (AvgIpc) is 2.72. The first kappa shape index (κ1) is 14.7. The Kier molecular flexibility index (Phi) is 4.51. The van der Waals surface area contributed by atoms with E-state index in [4.69, 9.17) is 5.11 Å². The number of carboxylic acids is 1. The van der Waals surface area contributed by atoms with Crippen molar-refractivity contribution in [2.24, 2.45) is 0 Å². The highest BCUT2D eigenvalue weighted by molar-refractivity contribution is 5.74. The van der Waals surface area contributed by atoms with Crippen LogP contribution in [-0.4, -0.2) is 46.4 Å². The Labute approximate surface area is 114 Å². The van der Waals surface area contributed by atoms with Gasteiger partial charge in [0.25, 0.3) is 0 Å². The van der Waals surface area contributed by atoms with Gasteiger partial charge < -0.3 is 14.9 Å². The zero-order valence-corrected chi connectivity index (χ0v) is 10.6. The normalized spacial score (nSPS) is 23.2. The standard InChI is InChI=1S/C13H15F2NO4/c14-13(15)20-11-4-2-1-3-8(11)6-16-7-9(17)5-10(16)12(18)19/h1-4,9-10,13,17H,5-7H2,(H,18,19). The van der Waals surface area contributed by atoms with Gasteiger partial charge in [0.2, 0.25) is 0 Å². The molecule has 0 aromatic heterocycles. The van der Waals surface area contributed by atoms with Crippen molar-refractivity contribution in [3.05, 3.63) is 29.8 Å². The minimum atomic E-state index is -2.93. The lowest BCUT2D eigenvalue weighted by Crippen LogP contribution is -2.35. The molecule has 0 amide bonds. The van der Waals surface area contributed by atoms with Gasteiger partial charge in [-0.1, -0.05) is 18.2 Å². The zero-order valence-electron chi connectivity index (χ0n) is 10.6. The van der Waals surface area contributed by atoms with Gasteiger partial charge in [-0.2, -0.15) is 8.78 Å². The number of β-amino-alcohol motifs (C(OH)–C–C–N with tert-alkyl or cyclic N) is 1. The van der Waals surface area contributed by atoms with Crippen molar-refractivity contribution in [1.29, 1.82) is 0 Å². The molecule has 0 aliphatic carbocycles. The predicted octanol–water partition coefficient (Wildman–Crippen LogP) is 1.31. The molecular formula is C13H15F2NO4. The van der Waals surface area contributed by atoms with Gasteiger partial charge in [0.15, 0.2) is 0 Å². The summed E-state index contributed by atoms with van der Waals surface area (Å²) in [4.78, 5) is 12.6. The van der Waals surface area contributed by atoms with E-state index in [1.54, 1.807) is 23.1 Å². The van der Waals surface area contributed by atoms with Crippen LogP contribution in [0, 0.1) is 0 Å². The Morgan fingerprint density at radius 3 is 2.80 bits per heavy atom. The van der Waals surface area contributed by atoms with E-state index in [1.165, 1.54) is 6.07 Å². The molecule has 1 aromatic carbocycles. The van der Waals surface area contributed by atoms with Gasteiger partial charge in [0.1, 0.15) is 11.8 Å². The Morgan fingerprint density at radius 1 is 1.45 bits per heavy atom. The van der Waals surface area contributed by atoms with Crippen LogP contribution in [0.2, 0.25) is 0 Å². The zero-order chi connectivity index (χ0) is 14.7. The van der Waals surface area contributed by atoms with E-state index in [0.717, 1.165) is 0 Å².